The van der Waals surface area contributed by atoms with Gasteiger partial charge in [0.25, 0.3) is 0 Å². The number of amides is 1. The highest BCUT2D eigenvalue weighted by Crippen LogP contribution is 2.37. The predicted octanol–water partition coefficient (Wildman–Crippen LogP) is 4.70. The lowest BCUT2D eigenvalue weighted by molar-refractivity contribution is -0.124. The van der Waals surface area contributed by atoms with Gasteiger partial charge in [-0.25, -0.2) is 0 Å². The molecule has 0 aliphatic rings. The Morgan fingerprint density at radius 1 is 0.964 bits per heavy atom. The van der Waals surface area contributed by atoms with Gasteiger partial charge in [0.15, 0.2) is 0 Å². The van der Waals surface area contributed by atoms with Crippen molar-refractivity contribution in [3.8, 4) is 0 Å². The van der Waals surface area contributed by atoms with Crippen molar-refractivity contribution < 1.29 is 14.6 Å². The van der Waals surface area contributed by atoms with E-state index in [-0.39, 0.29) is 17.9 Å². The van der Waals surface area contributed by atoms with Crippen molar-refractivity contribution >= 4 is 11.6 Å². The Balaban J connectivity index is 2.06. The van der Waals surface area contributed by atoms with E-state index < -0.39 is 5.41 Å². The lowest BCUT2D eigenvalue weighted by Crippen LogP contribution is -2.36. The van der Waals surface area contributed by atoms with Gasteiger partial charge in [0.05, 0.1) is 6.61 Å². The molecule has 4 nitrogen and oxygen atoms in total. The van der Waals surface area contributed by atoms with Crippen LogP contribution < -0.4 is 5.32 Å². The molecule has 0 aromatic heterocycles. The molecule has 0 atom stereocenters. The van der Waals surface area contributed by atoms with E-state index in [1.165, 1.54) is 5.56 Å². The van der Waals surface area contributed by atoms with Crippen molar-refractivity contribution in [2.24, 2.45) is 5.41 Å². The molecule has 2 N–H and O–H groups in total. The van der Waals surface area contributed by atoms with Crippen LogP contribution in [0.15, 0.2) is 48.5 Å². The SMILES string of the molecule is COCc1ccc(C(C)(C)CC(C)(C)C(=O)Nc2ccc(CCO)cc2)cc1. The molecular formula is C24H33NO3. The third-order valence-electron chi connectivity index (χ3n) is 5.16. The number of rotatable bonds is 9. The van der Waals surface area contributed by atoms with Gasteiger partial charge in [-0.15, -0.1) is 0 Å². The summed E-state index contributed by atoms with van der Waals surface area (Å²) in [6.45, 7) is 9.06. The van der Waals surface area contributed by atoms with Crippen LogP contribution in [-0.4, -0.2) is 24.7 Å². The number of carbonyl (C=O) groups excluding carboxylic acids is 1. The number of aliphatic hydroxyl groups excluding tert-OH is 1. The maximum absolute atomic E-state index is 12.9. The van der Waals surface area contributed by atoms with Crippen LogP contribution in [-0.2, 0) is 28.0 Å². The van der Waals surface area contributed by atoms with E-state index in [4.69, 9.17) is 9.84 Å². The zero-order valence-electron chi connectivity index (χ0n) is 17.7. The first-order chi connectivity index (χ1) is 13.2. The number of nitrogens with one attached hydrogen (secondary N) is 1. The summed E-state index contributed by atoms with van der Waals surface area (Å²) in [7, 11) is 1.69. The summed E-state index contributed by atoms with van der Waals surface area (Å²) in [6.07, 6.45) is 1.34. The predicted molar refractivity (Wildman–Crippen MR) is 114 cm³/mol. The molecule has 0 fully saturated rings. The molecule has 0 heterocycles. The molecule has 0 aliphatic carbocycles. The summed E-state index contributed by atoms with van der Waals surface area (Å²) >= 11 is 0. The normalized spacial score (nSPS) is 12.1. The minimum atomic E-state index is -0.529. The second kappa shape index (κ2) is 9.35. The summed E-state index contributed by atoms with van der Waals surface area (Å²) in [6, 6.07) is 16.1. The van der Waals surface area contributed by atoms with E-state index in [0.717, 1.165) is 23.2 Å². The standard InChI is InChI=1S/C24H33NO3/c1-23(2,20-10-6-19(7-11-20)16-28-5)17-24(3,4)22(27)25-21-12-8-18(9-13-21)14-15-26/h6-13,26H,14-17H2,1-5H3,(H,25,27). The molecule has 0 saturated heterocycles. The molecule has 0 spiro atoms. The maximum Gasteiger partial charge on any atom is 0.230 e. The van der Waals surface area contributed by atoms with Crippen LogP contribution in [0.1, 0.15) is 50.8 Å². The topological polar surface area (TPSA) is 58.6 Å². The lowest BCUT2D eigenvalue weighted by atomic mass is 9.71. The van der Waals surface area contributed by atoms with Crippen molar-refractivity contribution in [1.82, 2.24) is 0 Å². The summed E-state index contributed by atoms with van der Waals surface area (Å²) in [5, 5.41) is 12.0. The van der Waals surface area contributed by atoms with E-state index in [9.17, 15) is 4.79 Å². The third-order valence-corrected chi connectivity index (χ3v) is 5.16. The van der Waals surface area contributed by atoms with Gasteiger partial charge in [0, 0.05) is 24.8 Å². The number of hydrogen-bond donors (Lipinski definition) is 2. The van der Waals surface area contributed by atoms with Gasteiger partial charge < -0.3 is 15.2 Å². The van der Waals surface area contributed by atoms with Gasteiger partial charge in [-0.3, -0.25) is 4.79 Å². The molecule has 0 radical (unpaired) electrons. The summed E-state index contributed by atoms with van der Waals surface area (Å²) in [5.41, 5.74) is 3.51. The third kappa shape index (κ3) is 5.91. The summed E-state index contributed by atoms with van der Waals surface area (Å²) in [5.74, 6) is 0.00601. The van der Waals surface area contributed by atoms with Crippen molar-refractivity contribution in [2.45, 2.75) is 52.6 Å². The average Bonchev–Trinajstić information content (AvgIpc) is 2.63. The highest BCUT2D eigenvalue weighted by atomic mass is 16.5. The van der Waals surface area contributed by atoms with Crippen LogP contribution >= 0.6 is 0 Å². The first-order valence-corrected chi connectivity index (χ1v) is 9.77. The Morgan fingerprint density at radius 3 is 2.07 bits per heavy atom. The van der Waals surface area contributed by atoms with Crippen molar-refractivity contribution in [2.75, 3.05) is 19.0 Å². The first kappa shape index (κ1) is 22.1. The van der Waals surface area contributed by atoms with E-state index in [0.29, 0.717) is 13.0 Å². The smallest absolute Gasteiger partial charge is 0.230 e. The molecule has 0 unspecified atom stereocenters. The molecule has 4 heteroatoms. The molecule has 2 rings (SSSR count). The fourth-order valence-electron chi connectivity index (χ4n) is 3.69. The second-order valence-electron chi connectivity index (χ2n) is 8.70. The van der Waals surface area contributed by atoms with Crippen LogP contribution in [0.25, 0.3) is 0 Å². The molecule has 2 aromatic rings. The molecule has 0 aliphatic heterocycles. The van der Waals surface area contributed by atoms with Gasteiger partial charge in [-0.2, -0.15) is 0 Å². The van der Waals surface area contributed by atoms with Crippen LogP contribution in [0, 0.1) is 5.41 Å². The maximum atomic E-state index is 12.9. The van der Waals surface area contributed by atoms with Crippen molar-refractivity contribution in [1.29, 1.82) is 0 Å². The fraction of sp³-hybridized carbons (Fsp3) is 0.458. The number of hydrogen-bond acceptors (Lipinski definition) is 3. The molecule has 152 valence electrons. The van der Waals surface area contributed by atoms with Gasteiger partial charge in [0.2, 0.25) is 5.91 Å². The number of aliphatic hydroxyl groups is 1. The minimum absolute atomic E-state index is 0.00601. The quantitative estimate of drug-likeness (QED) is 0.660. The Labute approximate surface area is 168 Å². The van der Waals surface area contributed by atoms with Gasteiger partial charge in [-0.1, -0.05) is 64.1 Å². The van der Waals surface area contributed by atoms with Gasteiger partial charge >= 0.3 is 0 Å². The van der Waals surface area contributed by atoms with Crippen LogP contribution in [0.2, 0.25) is 0 Å². The zero-order chi connectivity index (χ0) is 20.8. The van der Waals surface area contributed by atoms with Crippen LogP contribution in [0.3, 0.4) is 0 Å². The zero-order valence-corrected chi connectivity index (χ0v) is 17.7. The largest absolute Gasteiger partial charge is 0.396 e. The Kier molecular flexibility index (Phi) is 7.39. The second-order valence-corrected chi connectivity index (χ2v) is 8.70. The molecule has 2 aromatic carbocycles. The van der Waals surface area contributed by atoms with Crippen molar-refractivity contribution in [3.05, 3.63) is 65.2 Å². The van der Waals surface area contributed by atoms with Crippen LogP contribution in [0.4, 0.5) is 5.69 Å². The Morgan fingerprint density at radius 2 is 1.54 bits per heavy atom. The van der Waals surface area contributed by atoms with E-state index >= 15 is 0 Å². The number of ether oxygens (including phenoxy) is 1. The highest BCUT2D eigenvalue weighted by molar-refractivity contribution is 5.94. The Hall–Kier alpha value is -2.17. The molecule has 0 saturated carbocycles. The molecule has 28 heavy (non-hydrogen) atoms. The molecule has 0 bridgehead atoms. The van der Waals surface area contributed by atoms with Gasteiger partial charge in [0.1, 0.15) is 0 Å². The van der Waals surface area contributed by atoms with Gasteiger partial charge in [-0.05, 0) is 47.1 Å². The number of carbonyl (C=O) groups is 1. The molecule has 1 amide bonds. The molecular weight excluding hydrogens is 350 g/mol. The van der Waals surface area contributed by atoms with Crippen LogP contribution in [0.5, 0.6) is 0 Å². The summed E-state index contributed by atoms with van der Waals surface area (Å²) in [4.78, 5) is 12.9. The van der Waals surface area contributed by atoms with E-state index in [2.05, 4.69) is 43.4 Å². The number of benzene rings is 2. The highest BCUT2D eigenvalue weighted by Gasteiger charge is 2.35. The van der Waals surface area contributed by atoms with E-state index in [1.807, 2.05) is 38.1 Å². The lowest BCUT2D eigenvalue weighted by Gasteiger charge is -2.34. The number of methoxy groups -OCH3 is 1. The van der Waals surface area contributed by atoms with Crippen molar-refractivity contribution in [3.63, 3.8) is 0 Å². The average molecular weight is 384 g/mol. The first-order valence-electron chi connectivity index (χ1n) is 9.77. The van der Waals surface area contributed by atoms with E-state index in [1.54, 1.807) is 7.11 Å². The Bertz CT molecular complexity index is 761. The minimum Gasteiger partial charge on any atom is -0.396 e. The summed E-state index contributed by atoms with van der Waals surface area (Å²) < 4.78 is 5.18. The number of anilines is 1. The monoisotopic (exact) mass is 383 g/mol. The fourth-order valence-corrected chi connectivity index (χ4v) is 3.69.